The van der Waals surface area contributed by atoms with Gasteiger partial charge in [-0.1, -0.05) is 76.9 Å². The van der Waals surface area contributed by atoms with E-state index in [1.54, 1.807) is 0 Å². The van der Waals surface area contributed by atoms with Gasteiger partial charge in [-0.15, -0.1) is 0 Å². The zero-order valence-electron chi connectivity index (χ0n) is 26.7. The molecule has 0 unspecified atom stereocenters. The quantitative estimate of drug-likeness (QED) is 0.158. The van der Waals surface area contributed by atoms with Crippen molar-refractivity contribution in [3.63, 3.8) is 0 Å². The lowest BCUT2D eigenvalue weighted by Gasteiger charge is -2.23. The first-order valence-corrected chi connectivity index (χ1v) is 14.7. The summed E-state index contributed by atoms with van der Waals surface area (Å²) in [6.45, 7) is 27.4. The van der Waals surface area contributed by atoms with E-state index in [-0.39, 0.29) is 10.8 Å². The third-order valence-corrected chi connectivity index (χ3v) is 8.53. The molecule has 5 rings (SSSR count). The lowest BCUT2D eigenvalue weighted by molar-refractivity contribution is -0.539. The molecule has 0 atom stereocenters. The highest BCUT2D eigenvalue weighted by Gasteiger charge is 2.30. The smallest absolute Gasteiger partial charge is 0.152 e. The van der Waals surface area contributed by atoms with Crippen LogP contribution in [0.15, 0.2) is 60.7 Å². The Morgan fingerprint density at radius 3 is 1.20 bits per heavy atom. The van der Waals surface area contributed by atoms with E-state index < -0.39 is 0 Å². The summed E-state index contributed by atoms with van der Waals surface area (Å²) in [5, 5.41) is 2.61. The molecule has 0 saturated heterocycles. The van der Waals surface area contributed by atoms with Crippen LogP contribution < -0.4 is 4.57 Å². The SMILES string of the molecule is Cc1cc(C)c(-c2c3ccc(C(C)(C)C)cc3[n+](-c3c(C)cc(C)cc3C)c3cc(C(C)(C)C)ccc23)c(C)c1. The van der Waals surface area contributed by atoms with Crippen molar-refractivity contribution in [1.29, 1.82) is 0 Å². The molecular formula is C39H46N+. The number of rotatable bonds is 2. The van der Waals surface area contributed by atoms with Crippen molar-refractivity contribution in [3.05, 3.63) is 105 Å². The standard InChI is InChI=1S/C39H46N/c1-23-17-25(3)35(26(4)18-23)36-31-15-13-29(38(7,8)9)21-33(31)40(37-27(5)19-24(2)20-28(37)6)34-22-30(39(10,11)12)14-16-32(34)36/h13-22H,1-12H3/q+1. The summed E-state index contributed by atoms with van der Waals surface area (Å²) in [6.07, 6.45) is 0. The third kappa shape index (κ3) is 4.74. The fourth-order valence-electron chi connectivity index (χ4n) is 6.67. The summed E-state index contributed by atoms with van der Waals surface area (Å²) in [7, 11) is 0. The van der Waals surface area contributed by atoms with Gasteiger partial charge in [0.15, 0.2) is 0 Å². The average molecular weight is 529 g/mol. The fourth-order valence-corrected chi connectivity index (χ4v) is 6.67. The molecule has 1 heteroatoms. The maximum atomic E-state index is 2.57. The highest BCUT2D eigenvalue weighted by atomic mass is 15.0. The number of aromatic nitrogens is 1. The number of aryl methyl sites for hydroxylation is 6. The van der Waals surface area contributed by atoms with E-state index in [1.807, 2.05) is 0 Å². The Morgan fingerprint density at radius 1 is 0.450 bits per heavy atom. The molecule has 0 aliphatic rings. The molecule has 1 heterocycles. The van der Waals surface area contributed by atoms with E-state index in [0.717, 1.165) is 0 Å². The van der Waals surface area contributed by atoms with Gasteiger partial charge in [0, 0.05) is 28.8 Å². The van der Waals surface area contributed by atoms with Gasteiger partial charge in [-0.3, -0.25) is 0 Å². The van der Waals surface area contributed by atoms with Crippen molar-refractivity contribution in [2.45, 2.75) is 93.9 Å². The maximum absolute atomic E-state index is 2.57. The van der Waals surface area contributed by atoms with E-state index in [9.17, 15) is 0 Å². The second-order valence-corrected chi connectivity index (χ2v) is 14.2. The normalized spacial score (nSPS) is 12.5. The molecular weight excluding hydrogens is 482 g/mol. The Balaban J connectivity index is 2.12. The predicted octanol–water partition coefficient (Wildman–Crippen LogP) is 10.4. The molecule has 0 spiro atoms. The average Bonchev–Trinajstić information content (AvgIpc) is 2.82. The lowest BCUT2D eigenvalue weighted by atomic mass is 9.82. The highest BCUT2D eigenvalue weighted by Crippen LogP contribution is 2.41. The molecule has 0 aliphatic carbocycles. The van der Waals surface area contributed by atoms with Crippen LogP contribution in [0.25, 0.3) is 38.6 Å². The van der Waals surface area contributed by atoms with Gasteiger partial charge in [-0.05, 0) is 104 Å². The monoisotopic (exact) mass is 528 g/mol. The van der Waals surface area contributed by atoms with E-state index in [4.69, 9.17) is 0 Å². The van der Waals surface area contributed by atoms with Gasteiger partial charge in [-0.2, -0.15) is 4.57 Å². The Kier molecular flexibility index (Phi) is 6.73. The molecule has 0 radical (unpaired) electrons. The van der Waals surface area contributed by atoms with Gasteiger partial charge in [0.2, 0.25) is 16.7 Å². The highest BCUT2D eigenvalue weighted by molar-refractivity contribution is 6.09. The molecule has 206 valence electrons. The van der Waals surface area contributed by atoms with Crippen molar-refractivity contribution < 1.29 is 4.57 Å². The van der Waals surface area contributed by atoms with Crippen LogP contribution in [0.5, 0.6) is 0 Å². The number of benzene rings is 4. The second kappa shape index (κ2) is 9.58. The van der Waals surface area contributed by atoms with Crippen LogP contribution in [0.2, 0.25) is 0 Å². The van der Waals surface area contributed by atoms with Crippen LogP contribution in [0, 0.1) is 41.5 Å². The molecule has 0 amide bonds. The minimum absolute atomic E-state index is 0.0431. The second-order valence-electron chi connectivity index (χ2n) is 14.2. The largest absolute Gasteiger partial charge is 0.219 e. The maximum Gasteiger partial charge on any atom is 0.219 e. The molecule has 5 aromatic rings. The Morgan fingerprint density at radius 2 is 0.825 bits per heavy atom. The fraction of sp³-hybridized carbons (Fsp3) is 0.359. The van der Waals surface area contributed by atoms with E-state index in [1.165, 1.54) is 83.1 Å². The summed E-state index contributed by atoms with van der Waals surface area (Å²) >= 11 is 0. The zero-order chi connectivity index (χ0) is 29.3. The van der Waals surface area contributed by atoms with Gasteiger partial charge in [0.25, 0.3) is 0 Å². The number of hydrogen-bond donors (Lipinski definition) is 0. The van der Waals surface area contributed by atoms with Crippen LogP contribution in [0.1, 0.15) is 86.1 Å². The minimum atomic E-state index is 0.0431. The third-order valence-electron chi connectivity index (χ3n) is 8.53. The molecule has 1 nitrogen and oxygen atoms in total. The Hall–Kier alpha value is -3.45. The van der Waals surface area contributed by atoms with Crippen LogP contribution in [-0.4, -0.2) is 0 Å². The number of pyridine rings is 1. The van der Waals surface area contributed by atoms with Gasteiger partial charge < -0.3 is 0 Å². The summed E-state index contributed by atoms with van der Waals surface area (Å²) in [5.41, 5.74) is 17.2. The number of nitrogens with zero attached hydrogens (tertiary/aromatic N) is 1. The van der Waals surface area contributed by atoms with Crippen LogP contribution in [0.4, 0.5) is 0 Å². The molecule has 0 aliphatic heterocycles. The molecule has 0 saturated carbocycles. The van der Waals surface area contributed by atoms with Gasteiger partial charge in [0.05, 0.1) is 10.8 Å². The van der Waals surface area contributed by atoms with E-state index in [2.05, 4.69) is 148 Å². The molecule has 1 aromatic heterocycles. The van der Waals surface area contributed by atoms with Crippen molar-refractivity contribution in [1.82, 2.24) is 0 Å². The van der Waals surface area contributed by atoms with Crippen LogP contribution in [0.3, 0.4) is 0 Å². The lowest BCUT2D eigenvalue weighted by Crippen LogP contribution is -2.36. The zero-order valence-corrected chi connectivity index (χ0v) is 26.7. The van der Waals surface area contributed by atoms with Crippen molar-refractivity contribution in [3.8, 4) is 16.8 Å². The van der Waals surface area contributed by atoms with Crippen molar-refractivity contribution in [2.75, 3.05) is 0 Å². The summed E-state index contributed by atoms with van der Waals surface area (Å²) in [6, 6.07) is 23.7. The van der Waals surface area contributed by atoms with Crippen LogP contribution in [-0.2, 0) is 10.8 Å². The number of fused-ring (bicyclic) bond motifs is 2. The first-order chi connectivity index (χ1) is 18.6. The van der Waals surface area contributed by atoms with Gasteiger partial charge in [0.1, 0.15) is 0 Å². The summed E-state index contributed by atoms with van der Waals surface area (Å²) in [4.78, 5) is 0. The van der Waals surface area contributed by atoms with Crippen LogP contribution >= 0.6 is 0 Å². The number of hydrogen-bond acceptors (Lipinski definition) is 0. The molecule has 4 aromatic carbocycles. The summed E-state index contributed by atoms with van der Waals surface area (Å²) < 4.78 is 2.57. The van der Waals surface area contributed by atoms with E-state index in [0.29, 0.717) is 0 Å². The Labute approximate surface area is 241 Å². The summed E-state index contributed by atoms with van der Waals surface area (Å²) in [5.74, 6) is 0. The molecule has 0 bridgehead atoms. The first kappa shape index (κ1) is 28.1. The van der Waals surface area contributed by atoms with Gasteiger partial charge >= 0.3 is 0 Å². The molecule has 0 fully saturated rings. The minimum Gasteiger partial charge on any atom is -0.152 e. The predicted molar refractivity (Wildman–Crippen MR) is 174 cm³/mol. The topological polar surface area (TPSA) is 3.88 Å². The molecule has 40 heavy (non-hydrogen) atoms. The van der Waals surface area contributed by atoms with Crippen molar-refractivity contribution >= 4 is 21.8 Å². The first-order valence-electron chi connectivity index (χ1n) is 14.7. The Bertz CT molecular complexity index is 1680. The van der Waals surface area contributed by atoms with Crippen molar-refractivity contribution in [2.24, 2.45) is 0 Å². The van der Waals surface area contributed by atoms with E-state index >= 15 is 0 Å². The molecule has 0 N–H and O–H groups in total. The van der Waals surface area contributed by atoms with Gasteiger partial charge in [-0.25, -0.2) is 0 Å².